The average molecular weight is 409 g/mol. The minimum absolute atomic E-state index is 0.0765. The van der Waals surface area contributed by atoms with Crippen LogP contribution in [0.2, 0.25) is 5.15 Å². The number of nitrogen functional groups attached to an aromatic ring is 1. The molecule has 0 aliphatic carbocycles. The number of aromatic nitrogens is 5. The minimum Gasteiger partial charge on any atom is -0.392 e. The summed E-state index contributed by atoms with van der Waals surface area (Å²) in [6.45, 7) is 9.17. The predicted octanol–water partition coefficient (Wildman–Crippen LogP) is 4.28. The van der Waals surface area contributed by atoms with Gasteiger partial charge in [-0.1, -0.05) is 23.7 Å². The van der Waals surface area contributed by atoms with Gasteiger partial charge in [0.25, 0.3) is 5.69 Å². The quantitative estimate of drug-likeness (QED) is 0.489. The molecule has 0 unspecified atom stereocenters. The van der Waals surface area contributed by atoms with Gasteiger partial charge in [-0.3, -0.25) is 0 Å². The van der Waals surface area contributed by atoms with Crippen molar-refractivity contribution in [3.63, 3.8) is 0 Å². The van der Waals surface area contributed by atoms with Crippen LogP contribution in [0.15, 0.2) is 42.9 Å². The summed E-state index contributed by atoms with van der Waals surface area (Å²) >= 11 is 6.16. The minimum atomic E-state index is -0.419. The zero-order chi connectivity index (χ0) is 20.5. The van der Waals surface area contributed by atoms with Gasteiger partial charge >= 0.3 is 0 Å². The second-order valence-corrected chi connectivity index (χ2v) is 6.60. The molecule has 0 saturated carbocycles. The molecule has 0 aliphatic rings. The monoisotopic (exact) mass is 408 g/mol. The highest BCUT2D eigenvalue weighted by atomic mass is 35.5. The van der Waals surface area contributed by atoms with Crippen LogP contribution >= 0.6 is 11.6 Å². The van der Waals surface area contributed by atoms with E-state index in [2.05, 4.69) is 30.2 Å². The smallest absolute Gasteiger partial charge is 0.268 e. The molecule has 0 fully saturated rings. The van der Waals surface area contributed by atoms with Crippen LogP contribution in [0.1, 0.15) is 18.5 Å². The number of hydrogen-bond donors (Lipinski definition) is 2. The van der Waals surface area contributed by atoms with Gasteiger partial charge in [0.15, 0.2) is 10.8 Å². The molecule has 0 bridgehead atoms. The first-order chi connectivity index (χ1) is 14.0. The third-order valence-corrected chi connectivity index (χ3v) is 4.65. The lowest BCUT2D eigenvalue weighted by molar-refractivity contribution is 0.629. The van der Waals surface area contributed by atoms with Crippen molar-refractivity contribution < 1.29 is 4.39 Å². The maximum Gasteiger partial charge on any atom is 0.268 e. The van der Waals surface area contributed by atoms with E-state index in [1.807, 2.05) is 6.92 Å². The number of hydrogen-bond acceptors (Lipinski definition) is 6. The summed E-state index contributed by atoms with van der Waals surface area (Å²) < 4.78 is 16.0. The topological polar surface area (TPSA) is 98.4 Å². The number of nitrogens with one attached hydrogen (secondary N) is 1. The Hall–Kier alpha value is -3.77. The Morgan fingerprint density at radius 1 is 1.28 bits per heavy atom. The molecule has 3 aromatic heterocycles. The molecular formula is C19H14ClFN8. The molecule has 0 radical (unpaired) electrons. The Balaban J connectivity index is 1.87. The van der Waals surface area contributed by atoms with Crippen molar-refractivity contribution in [3.8, 4) is 11.3 Å². The summed E-state index contributed by atoms with van der Waals surface area (Å²) in [6.07, 6.45) is 2.74. The van der Waals surface area contributed by atoms with Gasteiger partial charge in [0.05, 0.1) is 24.5 Å². The van der Waals surface area contributed by atoms with Crippen molar-refractivity contribution in [2.45, 2.75) is 13.0 Å². The molecule has 3 heterocycles. The van der Waals surface area contributed by atoms with Gasteiger partial charge in [0.2, 0.25) is 0 Å². The Kier molecular flexibility index (Phi) is 4.70. The first-order valence-electron chi connectivity index (χ1n) is 8.53. The molecule has 0 amide bonds. The summed E-state index contributed by atoms with van der Waals surface area (Å²) in [5, 5.41) is 7.96. The Morgan fingerprint density at radius 2 is 2.07 bits per heavy atom. The second-order valence-electron chi connectivity index (χ2n) is 6.21. The summed E-state index contributed by atoms with van der Waals surface area (Å²) in [5.41, 5.74) is 7.75. The number of nitrogens with zero attached hydrogens (tertiary/aromatic N) is 6. The summed E-state index contributed by atoms with van der Waals surface area (Å²) in [7, 11) is 0. The van der Waals surface area contributed by atoms with E-state index < -0.39 is 11.9 Å². The third kappa shape index (κ3) is 3.30. The maximum absolute atomic E-state index is 14.5. The molecule has 4 rings (SSSR count). The first-order valence-corrected chi connectivity index (χ1v) is 8.91. The molecule has 144 valence electrons. The van der Waals surface area contributed by atoms with Crippen molar-refractivity contribution in [1.29, 1.82) is 0 Å². The molecule has 1 atom stereocenters. The number of nitrogens with two attached hydrogens (primary N) is 1. The van der Waals surface area contributed by atoms with Gasteiger partial charge in [-0.25, -0.2) is 28.7 Å². The molecule has 8 nitrogen and oxygen atoms in total. The number of halogens is 2. The van der Waals surface area contributed by atoms with E-state index >= 15 is 0 Å². The SMILES string of the molecule is [C-]#[N+]c1c(N)ncnc1N[C@@H](C)c1cc2ncc(Cl)n2nc1-c1ccccc1F. The van der Waals surface area contributed by atoms with E-state index in [4.69, 9.17) is 23.9 Å². The Labute approximate surface area is 170 Å². The number of fused-ring (bicyclic) bond motifs is 1. The molecule has 0 saturated heterocycles. The van der Waals surface area contributed by atoms with Gasteiger partial charge in [0, 0.05) is 11.1 Å². The van der Waals surface area contributed by atoms with Gasteiger partial charge in [-0.15, -0.1) is 0 Å². The van der Waals surface area contributed by atoms with Crippen molar-refractivity contribution in [2.75, 3.05) is 11.1 Å². The fraction of sp³-hybridized carbons (Fsp3) is 0.105. The predicted molar refractivity (Wildman–Crippen MR) is 108 cm³/mol. The molecule has 0 aliphatic heterocycles. The van der Waals surface area contributed by atoms with Crippen LogP contribution in [-0.4, -0.2) is 24.6 Å². The van der Waals surface area contributed by atoms with Crippen LogP contribution in [0.4, 0.5) is 21.7 Å². The van der Waals surface area contributed by atoms with Gasteiger partial charge < -0.3 is 11.1 Å². The van der Waals surface area contributed by atoms with E-state index in [1.165, 1.54) is 23.1 Å². The van der Waals surface area contributed by atoms with Crippen molar-refractivity contribution in [2.24, 2.45) is 0 Å². The lowest BCUT2D eigenvalue weighted by atomic mass is 10.0. The van der Waals surface area contributed by atoms with Crippen molar-refractivity contribution in [3.05, 3.63) is 70.8 Å². The van der Waals surface area contributed by atoms with E-state index in [9.17, 15) is 4.39 Å². The van der Waals surface area contributed by atoms with E-state index in [0.29, 0.717) is 27.6 Å². The van der Waals surface area contributed by atoms with Crippen LogP contribution in [0.5, 0.6) is 0 Å². The highest BCUT2D eigenvalue weighted by Gasteiger charge is 2.21. The van der Waals surface area contributed by atoms with Crippen LogP contribution < -0.4 is 11.1 Å². The summed E-state index contributed by atoms with van der Waals surface area (Å²) in [5.74, 6) is -0.0643. The molecule has 29 heavy (non-hydrogen) atoms. The number of benzene rings is 1. The lowest BCUT2D eigenvalue weighted by Crippen LogP contribution is -2.13. The van der Waals surface area contributed by atoms with Gasteiger partial charge in [0.1, 0.15) is 23.8 Å². The molecule has 4 aromatic rings. The van der Waals surface area contributed by atoms with Crippen LogP contribution in [0.3, 0.4) is 0 Å². The number of anilines is 2. The lowest BCUT2D eigenvalue weighted by Gasteiger charge is -2.19. The Bertz CT molecular complexity index is 1260. The van der Waals surface area contributed by atoms with E-state index in [0.717, 1.165) is 0 Å². The van der Waals surface area contributed by atoms with Crippen molar-refractivity contribution >= 4 is 34.6 Å². The largest absolute Gasteiger partial charge is 0.392 e. The molecule has 0 spiro atoms. The maximum atomic E-state index is 14.5. The molecule has 10 heteroatoms. The zero-order valence-electron chi connectivity index (χ0n) is 15.1. The Morgan fingerprint density at radius 3 is 2.83 bits per heavy atom. The van der Waals surface area contributed by atoms with Crippen LogP contribution in [-0.2, 0) is 0 Å². The van der Waals surface area contributed by atoms with Gasteiger partial charge in [-0.05, 0) is 25.1 Å². The van der Waals surface area contributed by atoms with Gasteiger partial charge in [-0.2, -0.15) is 5.10 Å². The third-order valence-electron chi connectivity index (χ3n) is 4.39. The molecule has 1 aromatic carbocycles. The molecule has 3 N–H and O–H groups in total. The van der Waals surface area contributed by atoms with E-state index in [-0.39, 0.29) is 17.3 Å². The number of imidazole rings is 1. The highest BCUT2D eigenvalue weighted by molar-refractivity contribution is 6.29. The normalized spacial score (nSPS) is 11.9. The van der Waals surface area contributed by atoms with E-state index in [1.54, 1.807) is 24.3 Å². The standard InChI is InChI=1S/C19H14ClFN8/c1-10(27-19-17(23-2)18(22)25-9-26-19)12-7-15-24-8-14(20)29(15)28-16(12)11-5-3-4-6-13(11)21/h3-10H,1H3,(H3,22,25,26,27)/t10-/m0/s1. The van der Waals surface area contributed by atoms with Crippen LogP contribution in [0.25, 0.3) is 21.7 Å². The second kappa shape index (κ2) is 7.33. The summed E-state index contributed by atoms with van der Waals surface area (Å²) in [4.78, 5) is 15.6. The van der Waals surface area contributed by atoms with Crippen LogP contribution in [0, 0.1) is 12.4 Å². The molecular weight excluding hydrogens is 395 g/mol. The first kappa shape index (κ1) is 18.6. The number of rotatable bonds is 4. The fourth-order valence-corrected chi connectivity index (χ4v) is 3.16. The zero-order valence-corrected chi connectivity index (χ0v) is 15.9. The summed E-state index contributed by atoms with van der Waals surface area (Å²) in [6, 6.07) is 7.68. The van der Waals surface area contributed by atoms with Crippen molar-refractivity contribution in [1.82, 2.24) is 24.6 Å². The fourth-order valence-electron chi connectivity index (χ4n) is 2.98. The average Bonchev–Trinajstić information content (AvgIpc) is 3.08. The highest BCUT2D eigenvalue weighted by Crippen LogP contribution is 2.34.